The van der Waals surface area contributed by atoms with Gasteiger partial charge in [0.2, 0.25) is 0 Å². The van der Waals surface area contributed by atoms with E-state index >= 15 is 0 Å². The predicted molar refractivity (Wildman–Crippen MR) is 207 cm³/mol. The molecule has 5 N–H and O–H groups in total. The summed E-state index contributed by atoms with van der Waals surface area (Å²) in [5.74, 6) is 0. The molecule has 1 aliphatic rings. The summed E-state index contributed by atoms with van der Waals surface area (Å²) in [5, 5.41) is 3.82. The van der Waals surface area contributed by atoms with Gasteiger partial charge in [-0.25, -0.2) is 0 Å². The molecule has 5 aromatic rings. The van der Waals surface area contributed by atoms with Crippen LogP contribution in [0.4, 0.5) is 17.1 Å². The second kappa shape index (κ2) is 14.3. The smallest absolute Gasteiger partial charge is 0.0721 e. The van der Waals surface area contributed by atoms with Gasteiger partial charge in [-0.1, -0.05) is 122 Å². The highest BCUT2D eigenvalue weighted by Gasteiger charge is 2.17. The fraction of sp³-hybridized carbons (Fsp3) is 0.0698. The summed E-state index contributed by atoms with van der Waals surface area (Å²) in [5.41, 5.74) is 26.5. The van der Waals surface area contributed by atoms with E-state index in [1.165, 1.54) is 21.6 Å². The van der Waals surface area contributed by atoms with Crippen molar-refractivity contribution >= 4 is 46.0 Å². The average Bonchev–Trinajstić information content (AvgIpc) is 3.09. The lowest BCUT2D eigenvalue weighted by Crippen LogP contribution is -2.11. The molecule has 0 heterocycles. The van der Waals surface area contributed by atoms with Crippen LogP contribution in [0.2, 0.25) is 0 Å². The average molecular weight is 630 g/mol. The van der Waals surface area contributed by atoms with Crippen LogP contribution < -0.4 is 16.8 Å². The van der Waals surface area contributed by atoms with Gasteiger partial charge in [0.05, 0.1) is 6.04 Å². The monoisotopic (exact) mass is 629 g/mol. The first-order chi connectivity index (χ1) is 22.9. The third-order valence-electron chi connectivity index (χ3n) is 8.51. The molecule has 232 valence electrons. The summed E-state index contributed by atoms with van der Waals surface area (Å²) in [4.78, 5) is 1.19. The maximum atomic E-state index is 6.61. The molecule has 0 amide bonds. The normalized spacial score (nSPS) is 13.0. The maximum Gasteiger partial charge on any atom is 0.0721 e. The Balaban J connectivity index is 1.44. The topological polar surface area (TPSA) is 64.1 Å². The highest BCUT2D eigenvalue weighted by molar-refractivity contribution is 7.98. The molecule has 0 radical (unpaired) electrons. The number of nitrogens with one attached hydrogen (secondary N) is 1. The molecule has 1 atom stereocenters. The Morgan fingerprint density at radius 2 is 1.45 bits per heavy atom. The van der Waals surface area contributed by atoms with E-state index in [2.05, 4.69) is 134 Å². The van der Waals surface area contributed by atoms with Crippen LogP contribution in [0, 0.1) is 0 Å². The molecule has 3 nitrogen and oxygen atoms in total. The van der Waals surface area contributed by atoms with Crippen molar-refractivity contribution in [2.75, 3.05) is 23.0 Å². The number of fused-ring (bicyclic) bond motifs is 1. The zero-order chi connectivity index (χ0) is 32.8. The molecule has 0 saturated heterocycles. The number of hydrogen-bond donors (Lipinski definition) is 3. The molecule has 1 aliphatic carbocycles. The standard InChI is InChI=1S/C43H39N3S/c1-29-13-5-4-6-14-31-22-23-32(27-37(29)31)33-24-26-42(38(28-33)35-16-7-10-18-39(35)44)46-41(36-17-8-11-19-40(36)45)25-21-30(2)34-15-9-12-20-43(34)47-3/h4-28,41,46H,2,44-45H2,1,3H3/b5-4?,6-4?,13-5?,14-6?,25-21-,29-13?,31-14?,37-29?. The van der Waals surface area contributed by atoms with Crippen molar-refractivity contribution in [3.05, 3.63) is 174 Å². The largest absolute Gasteiger partial charge is 0.398 e. The summed E-state index contributed by atoms with van der Waals surface area (Å²) in [7, 11) is 0. The van der Waals surface area contributed by atoms with Gasteiger partial charge < -0.3 is 16.8 Å². The van der Waals surface area contributed by atoms with E-state index in [1.54, 1.807) is 11.8 Å². The number of nitrogen functional groups attached to an aromatic ring is 2. The fourth-order valence-corrected chi connectivity index (χ4v) is 6.59. The lowest BCUT2D eigenvalue weighted by Gasteiger charge is -2.23. The van der Waals surface area contributed by atoms with Crippen LogP contribution in [-0.2, 0) is 0 Å². The van der Waals surface area contributed by atoms with Crippen LogP contribution in [0.3, 0.4) is 0 Å². The summed E-state index contributed by atoms with van der Waals surface area (Å²) in [6, 6.07) is 37.3. The van der Waals surface area contributed by atoms with Crippen molar-refractivity contribution in [2.24, 2.45) is 0 Å². The van der Waals surface area contributed by atoms with Gasteiger partial charge >= 0.3 is 0 Å². The third-order valence-corrected chi connectivity index (χ3v) is 9.31. The van der Waals surface area contributed by atoms with Crippen molar-refractivity contribution in [3.63, 3.8) is 0 Å². The van der Waals surface area contributed by atoms with Gasteiger partial charge in [0.1, 0.15) is 0 Å². The predicted octanol–water partition coefficient (Wildman–Crippen LogP) is 11.3. The van der Waals surface area contributed by atoms with E-state index < -0.39 is 0 Å². The second-order valence-electron chi connectivity index (χ2n) is 11.6. The van der Waals surface area contributed by atoms with Crippen molar-refractivity contribution in [1.82, 2.24) is 0 Å². The maximum absolute atomic E-state index is 6.61. The van der Waals surface area contributed by atoms with Crippen LogP contribution in [0.1, 0.15) is 35.2 Å². The van der Waals surface area contributed by atoms with Gasteiger partial charge in [-0.15, -0.1) is 11.8 Å². The Bertz CT molecular complexity index is 2060. The van der Waals surface area contributed by atoms with Crippen LogP contribution in [0.25, 0.3) is 39.5 Å². The van der Waals surface area contributed by atoms with Crippen molar-refractivity contribution < 1.29 is 0 Å². The molecule has 5 aromatic carbocycles. The Kier molecular flexibility index (Phi) is 9.61. The van der Waals surface area contributed by atoms with Gasteiger partial charge in [0, 0.05) is 38.6 Å². The zero-order valence-electron chi connectivity index (χ0n) is 26.8. The Hall–Kier alpha value is -5.45. The van der Waals surface area contributed by atoms with E-state index in [-0.39, 0.29) is 6.04 Å². The van der Waals surface area contributed by atoms with Gasteiger partial charge in [-0.3, -0.25) is 0 Å². The summed E-state index contributed by atoms with van der Waals surface area (Å²) in [6.45, 7) is 6.57. The van der Waals surface area contributed by atoms with Crippen LogP contribution >= 0.6 is 11.8 Å². The Morgan fingerprint density at radius 1 is 0.745 bits per heavy atom. The molecule has 0 fully saturated rings. The molecular weight excluding hydrogens is 591 g/mol. The number of thioether (sulfide) groups is 1. The number of anilines is 3. The molecule has 0 saturated carbocycles. The quantitative estimate of drug-likeness (QED) is 0.0862. The highest BCUT2D eigenvalue weighted by atomic mass is 32.2. The molecule has 1 unspecified atom stereocenters. The second-order valence-corrected chi connectivity index (χ2v) is 12.4. The van der Waals surface area contributed by atoms with Crippen LogP contribution in [-0.4, -0.2) is 6.26 Å². The lowest BCUT2D eigenvalue weighted by molar-refractivity contribution is 0.989. The molecule has 0 aliphatic heterocycles. The molecule has 47 heavy (non-hydrogen) atoms. The first kappa shape index (κ1) is 31.5. The Labute approximate surface area is 282 Å². The summed E-state index contributed by atoms with van der Waals surface area (Å²) < 4.78 is 0. The molecule has 0 aromatic heterocycles. The number of rotatable bonds is 9. The third kappa shape index (κ3) is 7.04. The molecule has 0 spiro atoms. The number of allylic oxidation sites excluding steroid dienone is 7. The number of para-hydroxylation sites is 2. The molecule has 0 bridgehead atoms. The van der Waals surface area contributed by atoms with E-state index in [0.717, 1.165) is 56.0 Å². The fourth-order valence-electron chi connectivity index (χ4n) is 5.95. The van der Waals surface area contributed by atoms with E-state index in [4.69, 9.17) is 11.5 Å². The van der Waals surface area contributed by atoms with Crippen molar-refractivity contribution in [2.45, 2.75) is 17.9 Å². The zero-order valence-corrected chi connectivity index (χ0v) is 27.6. The summed E-state index contributed by atoms with van der Waals surface area (Å²) in [6.07, 6.45) is 16.9. The molecular formula is C43H39N3S. The number of hydrogen-bond acceptors (Lipinski definition) is 4. The minimum Gasteiger partial charge on any atom is -0.398 e. The number of nitrogens with two attached hydrogens (primary N) is 2. The molecule has 6 rings (SSSR count). The molecule has 4 heteroatoms. The van der Waals surface area contributed by atoms with Gasteiger partial charge in [-0.05, 0) is 88.5 Å². The van der Waals surface area contributed by atoms with E-state index in [9.17, 15) is 0 Å². The number of benzene rings is 5. The summed E-state index contributed by atoms with van der Waals surface area (Å²) >= 11 is 1.72. The van der Waals surface area contributed by atoms with Crippen LogP contribution in [0.5, 0.6) is 0 Å². The minimum atomic E-state index is -0.229. The van der Waals surface area contributed by atoms with Crippen molar-refractivity contribution in [3.8, 4) is 22.3 Å². The minimum absolute atomic E-state index is 0.229. The SMILES string of the molecule is C=C(/C=C\C(Nc1ccc(-c2ccc3c(c2)C(C)=CC=CC=C3)cc1-c1ccccc1N)c1ccccc1N)c1ccccc1SC. The van der Waals surface area contributed by atoms with E-state index in [1.807, 2.05) is 42.5 Å². The first-order valence-electron chi connectivity index (χ1n) is 15.7. The van der Waals surface area contributed by atoms with Gasteiger partial charge in [-0.2, -0.15) is 0 Å². The van der Waals surface area contributed by atoms with Gasteiger partial charge in [0.25, 0.3) is 0 Å². The Morgan fingerprint density at radius 3 is 2.23 bits per heavy atom. The lowest BCUT2D eigenvalue weighted by atomic mass is 9.91. The highest BCUT2D eigenvalue weighted by Crippen LogP contribution is 2.39. The van der Waals surface area contributed by atoms with E-state index in [0.29, 0.717) is 0 Å². The first-order valence-corrected chi connectivity index (χ1v) is 16.9. The van der Waals surface area contributed by atoms with Gasteiger partial charge in [0.15, 0.2) is 0 Å². The van der Waals surface area contributed by atoms with Crippen molar-refractivity contribution in [1.29, 1.82) is 0 Å². The van der Waals surface area contributed by atoms with Crippen LogP contribution in [0.15, 0.2) is 157 Å².